The highest BCUT2D eigenvalue weighted by Gasteiger charge is 2.22. The van der Waals surface area contributed by atoms with E-state index in [-0.39, 0.29) is 12.1 Å². The van der Waals surface area contributed by atoms with Crippen LogP contribution < -0.4 is 5.32 Å². The maximum Gasteiger partial charge on any atom is 0.318 e. The molecule has 0 aliphatic carbocycles. The summed E-state index contributed by atoms with van der Waals surface area (Å²) in [4.78, 5) is 16.7. The van der Waals surface area contributed by atoms with Crippen LogP contribution in [0.1, 0.15) is 24.0 Å². The van der Waals surface area contributed by atoms with Crippen LogP contribution >= 0.6 is 0 Å². The van der Waals surface area contributed by atoms with Crippen LogP contribution in [0.25, 0.3) is 0 Å². The predicted octanol–water partition coefficient (Wildman–Crippen LogP) is 2.91. The number of benzene rings is 1. The molecule has 1 aromatic carbocycles. The fourth-order valence-electron chi connectivity index (χ4n) is 3.04. The summed E-state index contributed by atoms with van der Waals surface area (Å²) in [6.07, 6.45) is 5.54. The molecule has 0 aromatic heterocycles. The van der Waals surface area contributed by atoms with Crippen molar-refractivity contribution in [2.45, 2.75) is 25.4 Å². The van der Waals surface area contributed by atoms with Gasteiger partial charge in [-0.05, 0) is 30.5 Å². The lowest BCUT2D eigenvalue weighted by atomic mass is 10.1. The van der Waals surface area contributed by atoms with Crippen LogP contribution in [0.2, 0.25) is 0 Å². The Morgan fingerprint density at radius 2 is 2.12 bits per heavy atom. The summed E-state index contributed by atoms with van der Waals surface area (Å²) in [6, 6.07) is 9.60. The molecule has 0 radical (unpaired) electrons. The first-order valence-corrected chi connectivity index (χ1v) is 8.65. The van der Waals surface area contributed by atoms with Gasteiger partial charge in [0.1, 0.15) is 0 Å². The van der Waals surface area contributed by atoms with E-state index in [4.69, 9.17) is 5.26 Å². The minimum absolute atomic E-state index is 0.0792. The summed E-state index contributed by atoms with van der Waals surface area (Å²) in [7, 11) is 0. The minimum atomic E-state index is -0.0792. The van der Waals surface area contributed by atoms with E-state index in [1.165, 1.54) is 0 Å². The predicted molar refractivity (Wildman–Crippen MR) is 100.0 cm³/mol. The van der Waals surface area contributed by atoms with Crippen molar-refractivity contribution < 1.29 is 4.79 Å². The quantitative estimate of drug-likeness (QED) is 0.778. The molecule has 0 saturated carbocycles. The van der Waals surface area contributed by atoms with E-state index in [0.29, 0.717) is 18.7 Å². The molecule has 1 aliphatic heterocycles. The minimum Gasteiger partial charge on any atom is -0.335 e. The van der Waals surface area contributed by atoms with Crippen LogP contribution in [0.3, 0.4) is 0 Å². The number of hydrogen-bond acceptors (Lipinski definition) is 3. The number of nitrogens with one attached hydrogen (secondary N) is 1. The van der Waals surface area contributed by atoms with E-state index >= 15 is 0 Å². The van der Waals surface area contributed by atoms with Crippen LogP contribution in [0.15, 0.2) is 49.6 Å². The Bertz CT molecular complexity index is 641. The van der Waals surface area contributed by atoms with E-state index in [1.807, 2.05) is 24.3 Å². The Hall–Kier alpha value is -2.58. The fraction of sp³-hybridized carbons (Fsp3) is 0.400. The lowest BCUT2D eigenvalue weighted by Crippen LogP contribution is -2.49. The maximum absolute atomic E-state index is 12.6. The van der Waals surface area contributed by atoms with Crippen LogP contribution in [0.4, 0.5) is 4.79 Å². The van der Waals surface area contributed by atoms with Crippen LogP contribution in [0, 0.1) is 11.3 Å². The smallest absolute Gasteiger partial charge is 0.318 e. The molecule has 1 fully saturated rings. The van der Waals surface area contributed by atoms with E-state index in [0.717, 1.165) is 38.0 Å². The van der Waals surface area contributed by atoms with E-state index in [1.54, 1.807) is 17.0 Å². The third-order valence-electron chi connectivity index (χ3n) is 4.37. The van der Waals surface area contributed by atoms with Gasteiger partial charge in [-0.3, -0.25) is 4.90 Å². The second-order valence-electron chi connectivity index (χ2n) is 6.29. The maximum atomic E-state index is 12.6. The Labute approximate surface area is 150 Å². The average Bonchev–Trinajstić information content (AvgIpc) is 2.63. The number of nitriles is 1. The molecule has 0 unspecified atom stereocenters. The van der Waals surface area contributed by atoms with Crippen molar-refractivity contribution in [1.82, 2.24) is 15.1 Å². The number of carbonyl (C=O) groups excluding carboxylic acids is 1. The number of piperidine rings is 1. The van der Waals surface area contributed by atoms with E-state index in [2.05, 4.69) is 29.4 Å². The zero-order valence-corrected chi connectivity index (χ0v) is 14.7. The second kappa shape index (κ2) is 9.65. The van der Waals surface area contributed by atoms with Crippen molar-refractivity contribution >= 4 is 6.03 Å². The molecule has 1 heterocycles. The van der Waals surface area contributed by atoms with Gasteiger partial charge in [-0.15, -0.1) is 13.2 Å². The number of hydrogen-bond donors (Lipinski definition) is 1. The zero-order chi connectivity index (χ0) is 18.1. The first kappa shape index (κ1) is 18.8. The Morgan fingerprint density at radius 3 is 2.76 bits per heavy atom. The molecule has 2 amide bonds. The molecule has 2 rings (SSSR count). The summed E-state index contributed by atoms with van der Waals surface area (Å²) in [5.74, 6) is 0. The molecule has 132 valence electrons. The summed E-state index contributed by atoms with van der Waals surface area (Å²) in [6.45, 7) is 11.3. The Morgan fingerprint density at radius 1 is 1.36 bits per heavy atom. The van der Waals surface area contributed by atoms with Crippen molar-refractivity contribution in [3.8, 4) is 6.07 Å². The van der Waals surface area contributed by atoms with Crippen LogP contribution in [-0.4, -0.2) is 48.1 Å². The number of likely N-dealkylation sites (tertiary alicyclic amines) is 1. The highest BCUT2D eigenvalue weighted by atomic mass is 16.2. The molecule has 25 heavy (non-hydrogen) atoms. The number of amides is 2. The summed E-state index contributed by atoms with van der Waals surface area (Å²) >= 11 is 0. The molecular formula is C20H26N4O. The molecule has 0 spiro atoms. The number of rotatable bonds is 7. The summed E-state index contributed by atoms with van der Waals surface area (Å²) in [5, 5.41) is 12.2. The fourth-order valence-corrected chi connectivity index (χ4v) is 3.04. The molecule has 0 bridgehead atoms. The average molecular weight is 338 g/mol. The second-order valence-corrected chi connectivity index (χ2v) is 6.29. The lowest BCUT2D eigenvalue weighted by molar-refractivity contribution is 0.179. The molecule has 0 atom stereocenters. The summed E-state index contributed by atoms with van der Waals surface area (Å²) in [5.41, 5.74) is 1.54. The van der Waals surface area contributed by atoms with Gasteiger partial charge in [0.05, 0.1) is 11.6 Å². The summed E-state index contributed by atoms with van der Waals surface area (Å²) < 4.78 is 0. The zero-order valence-electron chi connectivity index (χ0n) is 14.7. The van der Waals surface area contributed by atoms with Crippen molar-refractivity contribution in [3.05, 3.63) is 60.7 Å². The Balaban J connectivity index is 1.92. The van der Waals surface area contributed by atoms with Gasteiger partial charge in [-0.2, -0.15) is 5.26 Å². The van der Waals surface area contributed by atoms with Gasteiger partial charge in [0.25, 0.3) is 0 Å². The first-order chi connectivity index (χ1) is 12.2. The number of nitrogens with zero attached hydrogens (tertiary/aromatic N) is 3. The highest BCUT2D eigenvalue weighted by molar-refractivity contribution is 5.74. The first-order valence-electron chi connectivity index (χ1n) is 8.65. The van der Waals surface area contributed by atoms with Gasteiger partial charge in [-0.25, -0.2) is 4.79 Å². The molecular weight excluding hydrogens is 312 g/mol. The van der Waals surface area contributed by atoms with Crippen molar-refractivity contribution in [1.29, 1.82) is 5.26 Å². The van der Waals surface area contributed by atoms with Crippen LogP contribution in [0.5, 0.6) is 0 Å². The molecule has 1 saturated heterocycles. The van der Waals surface area contributed by atoms with E-state index in [9.17, 15) is 4.79 Å². The van der Waals surface area contributed by atoms with Crippen molar-refractivity contribution in [3.63, 3.8) is 0 Å². The largest absolute Gasteiger partial charge is 0.335 e. The number of carbonyl (C=O) groups is 1. The third kappa shape index (κ3) is 5.77. The van der Waals surface area contributed by atoms with Crippen molar-refractivity contribution in [2.24, 2.45) is 0 Å². The Kier molecular flexibility index (Phi) is 7.24. The molecule has 5 nitrogen and oxygen atoms in total. The normalized spacial score (nSPS) is 15.2. The third-order valence-corrected chi connectivity index (χ3v) is 4.37. The molecule has 1 aliphatic rings. The lowest BCUT2D eigenvalue weighted by Gasteiger charge is -2.33. The van der Waals surface area contributed by atoms with Crippen molar-refractivity contribution in [2.75, 3.05) is 26.2 Å². The number of urea groups is 1. The monoisotopic (exact) mass is 338 g/mol. The van der Waals surface area contributed by atoms with Gasteiger partial charge in [0.2, 0.25) is 0 Å². The molecule has 5 heteroatoms. The highest BCUT2D eigenvalue weighted by Crippen LogP contribution is 2.12. The van der Waals surface area contributed by atoms with Gasteiger partial charge in [0, 0.05) is 38.8 Å². The van der Waals surface area contributed by atoms with E-state index < -0.39 is 0 Å². The van der Waals surface area contributed by atoms with Gasteiger partial charge < -0.3 is 10.2 Å². The van der Waals surface area contributed by atoms with Gasteiger partial charge >= 0.3 is 6.03 Å². The van der Waals surface area contributed by atoms with Gasteiger partial charge in [0.15, 0.2) is 0 Å². The molecule has 1 N–H and O–H groups in total. The SMILES string of the molecule is C=CCN1CCC(NC(=O)N(CC=C)Cc2cccc(C#N)c2)CC1. The standard InChI is InChI=1S/C20H26N4O/c1-3-10-23-12-8-19(9-13-23)22-20(25)24(11-4-2)16-18-7-5-6-17(14-18)15-21/h3-7,14,19H,1-2,8-13,16H2,(H,22,25). The topological polar surface area (TPSA) is 59.4 Å². The van der Waals surface area contributed by atoms with Crippen LogP contribution in [-0.2, 0) is 6.54 Å². The van der Waals surface area contributed by atoms with Gasteiger partial charge in [-0.1, -0.05) is 24.3 Å². The molecule has 1 aromatic rings.